The largest absolute Gasteiger partial charge is 0.392 e. The Labute approximate surface area is 56.2 Å². The molecule has 0 spiro atoms. The maximum Gasteiger partial charge on any atom is 0.0663 e. The molecule has 4 N–H and O–H groups in total. The topological polar surface area (TPSA) is 58.3 Å². The molecule has 0 aliphatic heterocycles. The zero-order chi connectivity index (χ0) is 7.28. The van der Waals surface area contributed by atoms with E-state index >= 15 is 0 Å². The molecule has 2 atom stereocenters. The highest BCUT2D eigenvalue weighted by Gasteiger charge is 2.06. The summed E-state index contributed by atoms with van der Waals surface area (Å²) < 4.78 is 0. The summed E-state index contributed by atoms with van der Waals surface area (Å²) in [6.45, 7) is 2.58. The van der Waals surface area contributed by atoms with Gasteiger partial charge in [-0.2, -0.15) is 0 Å². The lowest BCUT2D eigenvalue weighted by Gasteiger charge is -2.13. The Bertz CT molecular complexity index is 66.1. The molecule has 3 nitrogen and oxygen atoms in total. The maximum absolute atomic E-state index is 8.89. The van der Waals surface area contributed by atoms with Crippen LogP contribution in [-0.2, 0) is 0 Å². The van der Waals surface area contributed by atoms with Crippen molar-refractivity contribution in [1.29, 1.82) is 0 Å². The second-order valence-corrected chi connectivity index (χ2v) is 2.30. The van der Waals surface area contributed by atoms with Crippen molar-refractivity contribution in [3.63, 3.8) is 0 Å². The van der Waals surface area contributed by atoms with Crippen molar-refractivity contribution in [3.8, 4) is 0 Å². The fourth-order valence-electron chi connectivity index (χ4n) is 0.552. The number of nitrogens with one attached hydrogen (secondary N) is 1. The molecule has 56 valence electrons. The number of aliphatic hydroxyl groups is 1. The van der Waals surface area contributed by atoms with Crippen LogP contribution in [0.1, 0.15) is 13.3 Å². The molecular weight excluding hydrogens is 116 g/mol. The van der Waals surface area contributed by atoms with E-state index in [0.717, 1.165) is 13.0 Å². The van der Waals surface area contributed by atoms with Gasteiger partial charge in [-0.05, 0) is 26.9 Å². The number of nitrogens with two attached hydrogens (primary N) is 1. The smallest absolute Gasteiger partial charge is 0.0663 e. The van der Waals surface area contributed by atoms with Crippen LogP contribution >= 0.6 is 0 Å². The van der Waals surface area contributed by atoms with Gasteiger partial charge in [-0.1, -0.05) is 0 Å². The summed E-state index contributed by atoms with van der Waals surface area (Å²) in [5, 5.41) is 11.9. The SMILES string of the molecule is CNCCC(N)C(C)O. The Hall–Kier alpha value is -0.120. The standard InChI is InChI=1S/C6H16N2O/c1-5(9)6(7)3-4-8-2/h5-6,8-9H,3-4,7H2,1-2H3. The van der Waals surface area contributed by atoms with E-state index in [1.165, 1.54) is 0 Å². The number of rotatable bonds is 4. The fourth-order valence-corrected chi connectivity index (χ4v) is 0.552. The number of hydrogen-bond donors (Lipinski definition) is 3. The van der Waals surface area contributed by atoms with E-state index in [-0.39, 0.29) is 6.04 Å². The summed E-state index contributed by atoms with van der Waals surface area (Å²) in [5.74, 6) is 0. The first-order chi connectivity index (χ1) is 4.18. The summed E-state index contributed by atoms with van der Waals surface area (Å²) in [4.78, 5) is 0. The lowest BCUT2D eigenvalue weighted by atomic mass is 10.1. The van der Waals surface area contributed by atoms with Gasteiger partial charge in [-0.25, -0.2) is 0 Å². The first-order valence-corrected chi connectivity index (χ1v) is 3.26. The molecule has 0 aliphatic carbocycles. The zero-order valence-electron chi connectivity index (χ0n) is 6.09. The van der Waals surface area contributed by atoms with E-state index in [9.17, 15) is 0 Å². The highest BCUT2D eigenvalue weighted by molar-refractivity contribution is 4.67. The average Bonchev–Trinajstić information content (AvgIpc) is 1.82. The molecule has 0 fully saturated rings. The highest BCUT2D eigenvalue weighted by Crippen LogP contribution is 1.91. The van der Waals surface area contributed by atoms with Gasteiger partial charge in [0.25, 0.3) is 0 Å². The van der Waals surface area contributed by atoms with Crippen molar-refractivity contribution in [1.82, 2.24) is 5.32 Å². The molecule has 0 amide bonds. The van der Waals surface area contributed by atoms with Crippen molar-refractivity contribution in [2.75, 3.05) is 13.6 Å². The summed E-state index contributed by atoms with van der Waals surface area (Å²) in [6, 6.07) is -0.0857. The van der Waals surface area contributed by atoms with Gasteiger partial charge in [0.05, 0.1) is 6.10 Å². The van der Waals surface area contributed by atoms with E-state index in [1.807, 2.05) is 7.05 Å². The minimum Gasteiger partial charge on any atom is -0.392 e. The molecule has 2 unspecified atom stereocenters. The van der Waals surface area contributed by atoms with Crippen LogP contribution < -0.4 is 11.1 Å². The van der Waals surface area contributed by atoms with Gasteiger partial charge in [0.15, 0.2) is 0 Å². The lowest BCUT2D eigenvalue weighted by molar-refractivity contribution is 0.159. The molecule has 3 heteroatoms. The van der Waals surface area contributed by atoms with Gasteiger partial charge in [-0.15, -0.1) is 0 Å². The van der Waals surface area contributed by atoms with Crippen LogP contribution in [0.5, 0.6) is 0 Å². The molecule has 0 bridgehead atoms. The molecule has 0 radical (unpaired) electrons. The first kappa shape index (κ1) is 8.88. The second kappa shape index (κ2) is 4.73. The third-order valence-corrected chi connectivity index (χ3v) is 1.35. The summed E-state index contributed by atoms with van der Waals surface area (Å²) >= 11 is 0. The van der Waals surface area contributed by atoms with Crippen molar-refractivity contribution in [3.05, 3.63) is 0 Å². The lowest BCUT2D eigenvalue weighted by Crippen LogP contribution is -2.34. The third kappa shape index (κ3) is 4.39. The Balaban J connectivity index is 3.16. The van der Waals surface area contributed by atoms with Crippen molar-refractivity contribution < 1.29 is 5.11 Å². The molecule has 0 saturated carbocycles. The average molecular weight is 132 g/mol. The Morgan fingerprint density at radius 1 is 1.67 bits per heavy atom. The van der Waals surface area contributed by atoms with Crippen LogP contribution in [-0.4, -0.2) is 30.8 Å². The molecule has 0 rings (SSSR count). The summed E-state index contributed by atoms with van der Waals surface area (Å²) in [5.41, 5.74) is 5.51. The van der Waals surface area contributed by atoms with E-state index in [0.29, 0.717) is 0 Å². The highest BCUT2D eigenvalue weighted by atomic mass is 16.3. The van der Waals surface area contributed by atoms with Gasteiger partial charge in [0, 0.05) is 6.04 Å². The molecule has 0 aromatic rings. The summed E-state index contributed by atoms with van der Waals surface area (Å²) in [7, 11) is 1.87. The van der Waals surface area contributed by atoms with Gasteiger partial charge in [0.2, 0.25) is 0 Å². The van der Waals surface area contributed by atoms with Gasteiger partial charge < -0.3 is 16.2 Å². The monoisotopic (exact) mass is 132 g/mol. The van der Waals surface area contributed by atoms with Gasteiger partial charge in [-0.3, -0.25) is 0 Å². The van der Waals surface area contributed by atoms with E-state index in [1.54, 1.807) is 6.92 Å². The first-order valence-electron chi connectivity index (χ1n) is 3.26. The van der Waals surface area contributed by atoms with Crippen LogP contribution in [0.4, 0.5) is 0 Å². The van der Waals surface area contributed by atoms with Crippen molar-refractivity contribution in [2.24, 2.45) is 5.73 Å². The molecule has 0 heterocycles. The van der Waals surface area contributed by atoms with Gasteiger partial charge in [0.1, 0.15) is 0 Å². The van der Waals surface area contributed by atoms with Crippen LogP contribution in [0.15, 0.2) is 0 Å². The zero-order valence-corrected chi connectivity index (χ0v) is 6.09. The third-order valence-electron chi connectivity index (χ3n) is 1.35. The maximum atomic E-state index is 8.89. The molecule has 0 aromatic heterocycles. The minimum absolute atomic E-state index is 0.0857. The molecule has 0 saturated heterocycles. The Morgan fingerprint density at radius 2 is 2.22 bits per heavy atom. The molecule has 9 heavy (non-hydrogen) atoms. The van der Waals surface area contributed by atoms with Crippen LogP contribution in [0, 0.1) is 0 Å². The number of aliphatic hydroxyl groups excluding tert-OH is 1. The molecule has 0 aliphatic rings. The van der Waals surface area contributed by atoms with Crippen molar-refractivity contribution in [2.45, 2.75) is 25.5 Å². The number of hydrogen-bond acceptors (Lipinski definition) is 3. The van der Waals surface area contributed by atoms with E-state index < -0.39 is 6.10 Å². The molecular formula is C6H16N2O. The normalized spacial score (nSPS) is 17.3. The quantitative estimate of drug-likeness (QED) is 0.474. The second-order valence-electron chi connectivity index (χ2n) is 2.30. The van der Waals surface area contributed by atoms with Crippen LogP contribution in [0.2, 0.25) is 0 Å². The van der Waals surface area contributed by atoms with Gasteiger partial charge >= 0.3 is 0 Å². The van der Waals surface area contributed by atoms with Crippen LogP contribution in [0.3, 0.4) is 0 Å². The minimum atomic E-state index is -0.390. The Morgan fingerprint density at radius 3 is 2.56 bits per heavy atom. The fraction of sp³-hybridized carbons (Fsp3) is 1.00. The molecule has 0 aromatic carbocycles. The predicted molar refractivity (Wildman–Crippen MR) is 38.2 cm³/mol. The summed E-state index contributed by atoms with van der Waals surface area (Å²) in [6.07, 6.45) is 0.437. The van der Waals surface area contributed by atoms with E-state index in [4.69, 9.17) is 10.8 Å². The van der Waals surface area contributed by atoms with E-state index in [2.05, 4.69) is 5.32 Å². The predicted octanol–water partition coefficient (Wildman–Crippen LogP) is -0.696. The van der Waals surface area contributed by atoms with Crippen molar-refractivity contribution >= 4 is 0 Å². The van der Waals surface area contributed by atoms with Crippen LogP contribution in [0.25, 0.3) is 0 Å². The Kier molecular flexibility index (Phi) is 4.67.